The molecule has 0 bridgehead atoms. The summed E-state index contributed by atoms with van der Waals surface area (Å²) in [5.41, 5.74) is 0. The first kappa shape index (κ1) is 12.5. The molecule has 0 aromatic heterocycles. The van der Waals surface area contributed by atoms with Gasteiger partial charge in [0, 0.05) is 13.2 Å². The van der Waals surface area contributed by atoms with Crippen LogP contribution in [-0.4, -0.2) is 36.9 Å². The van der Waals surface area contributed by atoms with E-state index < -0.39 is 5.97 Å². The Hall–Kier alpha value is -0.610. The summed E-state index contributed by atoms with van der Waals surface area (Å²) in [5, 5.41) is 11.9. The fourth-order valence-corrected chi connectivity index (χ4v) is 2.06. The number of ether oxygens (including phenoxy) is 1. The van der Waals surface area contributed by atoms with Gasteiger partial charge in [-0.05, 0) is 45.1 Å². The summed E-state index contributed by atoms with van der Waals surface area (Å²) in [6, 6.07) is -0.337. The number of aliphatic carboxylic acids is 1. The van der Waals surface area contributed by atoms with Crippen LogP contribution in [-0.2, 0) is 9.53 Å². The van der Waals surface area contributed by atoms with Gasteiger partial charge >= 0.3 is 5.97 Å². The van der Waals surface area contributed by atoms with Crippen molar-refractivity contribution in [2.24, 2.45) is 5.92 Å². The highest BCUT2D eigenvalue weighted by Crippen LogP contribution is 2.21. The zero-order valence-corrected chi connectivity index (χ0v) is 9.37. The number of hydrogen-bond donors (Lipinski definition) is 2. The third kappa shape index (κ3) is 4.62. The minimum Gasteiger partial charge on any atom is -0.480 e. The second-order valence-electron chi connectivity index (χ2n) is 4.07. The predicted molar refractivity (Wildman–Crippen MR) is 57.9 cm³/mol. The van der Waals surface area contributed by atoms with E-state index in [-0.39, 0.29) is 6.04 Å². The van der Waals surface area contributed by atoms with Gasteiger partial charge in [-0.2, -0.15) is 0 Å². The lowest BCUT2D eigenvalue weighted by Crippen LogP contribution is -2.43. The van der Waals surface area contributed by atoms with Crippen LogP contribution in [0.5, 0.6) is 0 Å². The fourth-order valence-electron chi connectivity index (χ4n) is 2.06. The van der Waals surface area contributed by atoms with Crippen molar-refractivity contribution in [3.05, 3.63) is 0 Å². The van der Waals surface area contributed by atoms with Gasteiger partial charge in [0.1, 0.15) is 6.04 Å². The summed E-state index contributed by atoms with van der Waals surface area (Å²) in [6.07, 6.45) is 3.99. The zero-order valence-electron chi connectivity index (χ0n) is 9.37. The van der Waals surface area contributed by atoms with Crippen molar-refractivity contribution in [2.45, 2.75) is 38.6 Å². The van der Waals surface area contributed by atoms with Crippen LogP contribution in [0.3, 0.4) is 0 Å². The normalized spacial score (nSPS) is 26.5. The molecule has 0 spiro atoms. The highest BCUT2D eigenvalue weighted by molar-refractivity contribution is 5.73. The molecule has 15 heavy (non-hydrogen) atoms. The number of hydrogen-bond acceptors (Lipinski definition) is 3. The Balaban J connectivity index is 2.15. The fraction of sp³-hybridized carbons (Fsp3) is 0.909. The van der Waals surface area contributed by atoms with Crippen LogP contribution in [0.2, 0.25) is 0 Å². The van der Waals surface area contributed by atoms with Gasteiger partial charge in [-0.1, -0.05) is 0 Å². The van der Waals surface area contributed by atoms with E-state index in [1.807, 2.05) is 6.92 Å². The maximum absolute atomic E-state index is 10.8. The second kappa shape index (κ2) is 6.80. The molecule has 0 saturated carbocycles. The third-order valence-electron chi connectivity index (χ3n) is 2.92. The Kier molecular flexibility index (Phi) is 5.65. The average Bonchev–Trinajstić information content (AvgIpc) is 2.25. The van der Waals surface area contributed by atoms with Crippen molar-refractivity contribution in [3.63, 3.8) is 0 Å². The van der Waals surface area contributed by atoms with Gasteiger partial charge in [-0.3, -0.25) is 4.79 Å². The maximum atomic E-state index is 10.8. The van der Waals surface area contributed by atoms with Gasteiger partial charge in [0.25, 0.3) is 0 Å². The van der Waals surface area contributed by atoms with E-state index >= 15 is 0 Å². The summed E-state index contributed by atoms with van der Waals surface area (Å²) in [7, 11) is 0. The molecular formula is C11H21NO3. The minimum absolute atomic E-state index is 0.337. The first-order valence-corrected chi connectivity index (χ1v) is 5.78. The van der Waals surface area contributed by atoms with E-state index in [0.717, 1.165) is 45.4 Å². The highest BCUT2D eigenvalue weighted by atomic mass is 16.5. The number of piperidine rings is 1. The van der Waals surface area contributed by atoms with E-state index in [1.54, 1.807) is 0 Å². The van der Waals surface area contributed by atoms with Crippen LogP contribution in [0.25, 0.3) is 0 Å². The molecule has 0 aromatic carbocycles. The standard InChI is InChI=1S/C11H21NO3/c1-2-15-7-3-4-9-5-6-12-10(8-9)11(13)14/h9-10,12H,2-8H2,1H3,(H,13,14). The molecule has 1 heterocycles. The SMILES string of the molecule is CCOCCCC1CCNC(C(=O)O)C1. The van der Waals surface area contributed by atoms with Crippen LogP contribution < -0.4 is 5.32 Å². The van der Waals surface area contributed by atoms with Crippen LogP contribution in [0, 0.1) is 5.92 Å². The largest absolute Gasteiger partial charge is 0.480 e. The van der Waals surface area contributed by atoms with Crippen molar-refractivity contribution in [1.82, 2.24) is 5.32 Å². The molecule has 88 valence electrons. The van der Waals surface area contributed by atoms with Gasteiger partial charge in [0.2, 0.25) is 0 Å². The number of carboxylic acids is 1. The molecule has 1 fully saturated rings. The third-order valence-corrected chi connectivity index (χ3v) is 2.92. The molecule has 1 aliphatic heterocycles. The van der Waals surface area contributed by atoms with E-state index in [2.05, 4.69) is 5.32 Å². The predicted octanol–water partition coefficient (Wildman–Crippen LogP) is 1.26. The molecule has 0 radical (unpaired) electrons. The molecule has 2 unspecified atom stereocenters. The Morgan fingerprint density at radius 1 is 1.60 bits per heavy atom. The summed E-state index contributed by atoms with van der Waals surface area (Å²) in [4.78, 5) is 10.8. The van der Waals surface area contributed by atoms with Gasteiger partial charge in [-0.15, -0.1) is 0 Å². The lowest BCUT2D eigenvalue weighted by Gasteiger charge is -2.27. The van der Waals surface area contributed by atoms with E-state index in [9.17, 15) is 4.79 Å². The Bertz CT molecular complexity index is 196. The zero-order chi connectivity index (χ0) is 11.1. The van der Waals surface area contributed by atoms with Crippen LogP contribution in [0.4, 0.5) is 0 Å². The molecule has 1 aliphatic rings. The molecule has 1 saturated heterocycles. The van der Waals surface area contributed by atoms with Crippen molar-refractivity contribution in [1.29, 1.82) is 0 Å². The van der Waals surface area contributed by atoms with Crippen LogP contribution in [0.1, 0.15) is 32.6 Å². The topological polar surface area (TPSA) is 58.6 Å². The van der Waals surface area contributed by atoms with Gasteiger partial charge in [-0.25, -0.2) is 0 Å². The Labute approximate surface area is 91.0 Å². The molecule has 0 aromatic rings. The Morgan fingerprint density at radius 2 is 2.40 bits per heavy atom. The summed E-state index contributed by atoms with van der Waals surface area (Å²) < 4.78 is 5.27. The van der Waals surface area contributed by atoms with Crippen molar-refractivity contribution >= 4 is 5.97 Å². The van der Waals surface area contributed by atoms with Crippen LogP contribution in [0.15, 0.2) is 0 Å². The van der Waals surface area contributed by atoms with Gasteiger partial charge in [0.15, 0.2) is 0 Å². The Morgan fingerprint density at radius 3 is 3.07 bits per heavy atom. The monoisotopic (exact) mass is 215 g/mol. The molecule has 2 atom stereocenters. The van der Waals surface area contributed by atoms with Gasteiger partial charge < -0.3 is 15.2 Å². The molecule has 2 N–H and O–H groups in total. The molecule has 1 rings (SSSR count). The lowest BCUT2D eigenvalue weighted by molar-refractivity contribution is -0.140. The molecule has 4 nitrogen and oxygen atoms in total. The van der Waals surface area contributed by atoms with Crippen LogP contribution >= 0.6 is 0 Å². The summed E-state index contributed by atoms with van der Waals surface area (Å²) >= 11 is 0. The second-order valence-corrected chi connectivity index (χ2v) is 4.07. The molecule has 0 aliphatic carbocycles. The average molecular weight is 215 g/mol. The quantitative estimate of drug-likeness (QED) is 0.655. The van der Waals surface area contributed by atoms with Crippen molar-refractivity contribution < 1.29 is 14.6 Å². The van der Waals surface area contributed by atoms with E-state index in [4.69, 9.17) is 9.84 Å². The van der Waals surface area contributed by atoms with E-state index in [0.29, 0.717) is 5.92 Å². The first-order chi connectivity index (χ1) is 7.24. The smallest absolute Gasteiger partial charge is 0.320 e. The number of nitrogens with one attached hydrogen (secondary N) is 1. The molecular weight excluding hydrogens is 194 g/mol. The van der Waals surface area contributed by atoms with Gasteiger partial charge in [0.05, 0.1) is 0 Å². The molecule has 0 amide bonds. The molecule has 4 heteroatoms. The first-order valence-electron chi connectivity index (χ1n) is 5.78. The number of rotatable bonds is 6. The summed E-state index contributed by atoms with van der Waals surface area (Å²) in [6.45, 7) is 4.39. The minimum atomic E-state index is -0.718. The van der Waals surface area contributed by atoms with Crippen molar-refractivity contribution in [2.75, 3.05) is 19.8 Å². The maximum Gasteiger partial charge on any atom is 0.320 e. The van der Waals surface area contributed by atoms with E-state index in [1.165, 1.54) is 0 Å². The lowest BCUT2D eigenvalue weighted by atomic mass is 9.89. The highest BCUT2D eigenvalue weighted by Gasteiger charge is 2.25. The summed E-state index contributed by atoms with van der Waals surface area (Å²) in [5.74, 6) is -0.169. The van der Waals surface area contributed by atoms with Crippen molar-refractivity contribution in [3.8, 4) is 0 Å². The number of carbonyl (C=O) groups is 1. The number of carboxylic acid groups (broad SMARTS) is 1.